The quantitative estimate of drug-likeness (QED) is 0.797. The molecule has 0 saturated heterocycles. The molecule has 1 amide bonds. The SMILES string of the molecule is CN(C)C(=O)CC(CN)N(C)CCc1ccccc1. The van der Waals surface area contributed by atoms with E-state index in [0.29, 0.717) is 13.0 Å². The van der Waals surface area contributed by atoms with Crippen molar-refractivity contribution in [3.63, 3.8) is 0 Å². The molecule has 0 spiro atoms. The number of rotatable bonds is 7. The summed E-state index contributed by atoms with van der Waals surface area (Å²) in [5.74, 6) is 0.127. The predicted octanol–water partition coefficient (Wildman–Crippen LogP) is 0.967. The third kappa shape index (κ3) is 5.41. The van der Waals surface area contributed by atoms with E-state index in [1.165, 1.54) is 5.56 Å². The van der Waals surface area contributed by atoms with Crippen LogP contribution in [0.1, 0.15) is 12.0 Å². The summed E-state index contributed by atoms with van der Waals surface area (Å²) in [5, 5.41) is 0. The van der Waals surface area contributed by atoms with Crippen molar-refractivity contribution in [2.45, 2.75) is 18.9 Å². The highest BCUT2D eigenvalue weighted by molar-refractivity contribution is 5.76. The van der Waals surface area contributed by atoms with Crippen molar-refractivity contribution < 1.29 is 4.79 Å². The number of hydrogen-bond donors (Lipinski definition) is 1. The fraction of sp³-hybridized carbons (Fsp3) is 0.533. The number of benzene rings is 1. The van der Waals surface area contributed by atoms with E-state index in [4.69, 9.17) is 5.73 Å². The van der Waals surface area contributed by atoms with Gasteiger partial charge in [-0.3, -0.25) is 4.79 Å². The van der Waals surface area contributed by atoms with Gasteiger partial charge >= 0.3 is 0 Å². The molecule has 0 radical (unpaired) electrons. The topological polar surface area (TPSA) is 49.6 Å². The van der Waals surface area contributed by atoms with Gasteiger partial charge in [0, 0.05) is 39.6 Å². The van der Waals surface area contributed by atoms with Crippen molar-refractivity contribution in [2.75, 3.05) is 34.2 Å². The van der Waals surface area contributed by atoms with Crippen LogP contribution in [-0.2, 0) is 11.2 Å². The van der Waals surface area contributed by atoms with Crippen LogP contribution in [0.4, 0.5) is 0 Å². The summed E-state index contributed by atoms with van der Waals surface area (Å²) in [6, 6.07) is 10.5. The zero-order chi connectivity index (χ0) is 14.3. The zero-order valence-electron chi connectivity index (χ0n) is 12.2. The van der Waals surface area contributed by atoms with E-state index >= 15 is 0 Å². The van der Waals surface area contributed by atoms with E-state index in [0.717, 1.165) is 13.0 Å². The Morgan fingerprint density at radius 2 is 1.84 bits per heavy atom. The van der Waals surface area contributed by atoms with Crippen molar-refractivity contribution in [1.82, 2.24) is 9.80 Å². The smallest absolute Gasteiger partial charge is 0.223 e. The fourth-order valence-corrected chi connectivity index (χ4v) is 1.94. The van der Waals surface area contributed by atoms with Gasteiger partial charge in [-0.05, 0) is 19.0 Å². The van der Waals surface area contributed by atoms with E-state index in [9.17, 15) is 4.79 Å². The van der Waals surface area contributed by atoms with Crippen molar-refractivity contribution in [2.24, 2.45) is 5.73 Å². The van der Waals surface area contributed by atoms with Gasteiger partial charge in [-0.15, -0.1) is 0 Å². The van der Waals surface area contributed by atoms with E-state index in [2.05, 4.69) is 17.0 Å². The lowest BCUT2D eigenvalue weighted by Crippen LogP contribution is -2.42. The van der Waals surface area contributed by atoms with Gasteiger partial charge in [0.05, 0.1) is 0 Å². The standard InChI is InChI=1S/C15H25N3O/c1-17(2)15(19)11-14(12-16)18(3)10-9-13-7-5-4-6-8-13/h4-8,14H,9-12,16H2,1-3H3. The second-order valence-electron chi connectivity index (χ2n) is 5.10. The van der Waals surface area contributed by atoms with Gasteiger partial charge in [0.25, 0.3) is 0 Å². The average molecular weight is 263 g/mol. The van der Waals surface area contributed by atoms with Crippen LogP contribution in [0.3, 0.4) is 0 Å². The van der Waals surface area contributed by atoms with Crippen molar-refractivity contribution in [3.05, 3.63) is 35.9 Å². The Morgan fingerprint density at radius 1 is 1.21 bits per heavy atom. The lowest BCUT2D eigenvalue weighted by atomic mass is 10.1. The first-order chi connectivity index (χ1) is 9.04. The molecule has 0 aliphatic heterocycles. The van der Waals surface area contributed by atoms with E-state index in [1.54, 1.807) is 19.0 Å². The Bertz CT molecular complexity index is 378. The third-order valence-electron chi connectivity index (χ3n) is 3.40. The monoisotopic (exact) mass is 263 g/mol. The van der Waals surface area contributed by atoms with Gasteiger partial charge in [0.1, 0.15) is 0 Å². The first-order valence-electron chi connectivity index (χ1n) is 6.69. The Labute approximate surface area is 116 Å². The van der Waals surface area contributed by atoms with Crippen molar-refractivity contribution >= 4 is 5.91 Å². The molecule has 0 aliphatic rings. The molecule has 1 aromatic rings. The largest absolute Gasteiger partial charge is 0.349 e. The van der Waals surface area contributed by atoms with Crippen LogP contribution in [0.5, 0.6) is 0 Å². The van der Waals surface area contributed by atoms with Crippen LogP contribution in [0.2, 0.25) is 0 Å². The van der Waals surface area contributed by atoms with Gasteiger partial charge in [-0.25, -0.2) is 0 Å². The van der Waals surface area contributed by atoms with Crippen LogP contribution in [0, 0.1) is 0 Å². The molecule has 19 heavy (non-hydrogen) atoms. The van der Waals surface area contributed by atoms with Crippen LogP contribution in [-0.4, -0.2) is 56.0 Å². The molecule has 2 N–H and O–H groups in total. The molecule has 0 aliphatic carbocycles. The fourth-order valence-electron chi connectivity index (χ4n) is 1.94. The molecule has 106 valence electrons. The maximum atomic E-state index is 11.7. The normalized spacial score (nSPS) is 12.5. The van der Waals surface area contributed by atoms with Gasteiger partial charge in [-0.2, -0.15) is 0 Å². The highest BCUT2D eigenvalue weighted by atomic mass is 16.2. The Hall–Kier alpha value is -1.39. The minimum absolute atomic E-state index is 0.110. The molecule has 0 aromatic heterocycles. The summed E-state index contributed by atoms with van der Waals surface area (Å²) in [6.45, 7) is 1.41. The van der Waals surface area contributed by atoms with Crippen LogP contribution < -0.4 is 5.73 Å². The maximum Gasteiger partial charge on any atom is 0.223 e. The molecule has 1 atom stereocenters. The minimum Gasteiger partial charge on any atom is -0.349 e. The molecule has 0 heterocycles. The first kappa shape index (κ1) is 15.7. The van der Waals surface area contributed by atoms with Crippen LogP contribution >= 0.6 is 0 Å². The zero-order valence-corrected chi connectivity index (χ0v) is 12.2. The maximum absolute atomic E-state index is 11.7. The predicted molar refractivity (Wildman–Crippen MR) is 78.9 cm³/mol. The number of amides is 1. The third-order valence-corrected chi connectivity index (χ3v) is 3.40. The molecule has 1 rings (SSSR count). The molecule has 1 unspecified atom stereocenters. The number of nitrogens with zero attached hydrogens (tertiary/aromatic N) is 2. The molecule has 0 bridgehead atoms. The Balaban J connectivity index is 2.45. The first-order valence-corrected chi connectivity index (χ1v) is 6.69. The number of likely N-dealkylation sites (N-methyl/N-ethyl adjacent to an activating group) is 1. The molecule has 0 saturated carbocycles. The summed E-state index contributed by atoms with van der Waals surface area (Å²) in [6.07, 6.45) is 1.46. The number of hydrogen-bond acceptors (Lipinski definition) is 3. The average Bonchev–Trinajstić information content (AvgIpc) is 2.42. The van der Waals surface area contributed by atoms with Crippen molar-refractivity contribution in [3.8, 4) is 0 Å². The molecule has 1 aromatic carbocycles. The summed E-state index contributed by atoms with van der Waals surface area (Å²) >= 11 is 0. The Morgan fingerprint density at radius 3 is 2.37 bits per heavy atom. The van der Waals surface area contributed by atoms with Gasteiger partial charge < -0.3 is 15.5 Å². The second-order valence-corrected chi connectivity index (χ2v) is 5.10. The molecule has 4 nitrogen and oxygen atoms in total. The summed E-state index contributed by atoms with van der Waals surface area (Å²) in [4.78, 5) is 15.5. The molecule has 0 fully saturated rings. The molecular formula is C15H25N3O. The lowest BCUT2D eigenvalue weighted by molar-refractivity contribution is -0.129. The molecule has 4 heteroatoms. The van der Waals surface area contributed by atoms with Gasteiger partial charge in [0.15, 0.2) is 0 Å². The van der Waals surface area contributed by atoms with Crippen LogP contribution in [0.25, 0.3) is 0 Å². The van der Waals surface area contributed by atoms with Gasteiger partial charge in [-0.1, -0.05) is 30.3 Å². The number of carbonyl (C=O) groups is 1. The van der Waals surface area contributed by atoms with Crippen LogP contribution in [0.15, 0.2) is 30.3 Å². The van der Waals surface area contributed by atoms with E-state index in [-0.39, 0.29) is 11.9 Å². The number of carbonyl (C=O) groups excluding carboxylic acids is 1. The summed E-state index contributed by atoms with van der Waals surface area (Å²) in [5.41, 5.74) is 7.09. The minimum atomic E-state index is 0.110. The second kappa shape index (κ2) is 7.92. The Kier molecular flexibility index (Phi) is 6.53. The van der Waals surface area contributed by atoms with Gasteiger partial charge in [0.2, 0.25) is 5.91 Å². The summed E-state index contributed by atoms with van der Waals surface area (Å²) in [7, 11) is 5.59. The van der Waals surface area contributed by atoms with E-state index in [1.807, 2.05) is 25.2 Å². The van der Waals surface area contributed by atoms with E-state index < -0.39 is 0 Å². The number of nitrogens with two attached hydrogens (primary N) is 1. The summed E-state index contributed by atoms with van der Waals surface area (Å²) < 4.78 is 0. The van der Waals surface area contributed by atoms with Crippen molar-refractivity contribution in [1.29, 1.82) is 0 Å². The highest BCUT2D eigenvalue weighted by Gasteiger charge is 2.17. The highest BCUT2D eigenvalue weighted by Crippen LogP contribution is 2.06. The lowest BCUT2D eigenvalue weighted by Gasteiger charge is -2.27. The molecular weight excluding hydrogens is 238 g/mol.